The Balaban J connectivity index is 1.49. The van der Waals surface area contributed by atoms with E-state index in [4.69, 9.17) is 4.74 Å². The standard InChI is InChI=1S/C25H29N3O2S/c1-15-8-9-20(28-21-13-26-14-21)12-22(15)24(29)27-17(3)18-6-5-7-19(11-18)23-10-16(2)25(30-4)31-23/h5-12,17,21,26,28H,13-14H2,1-4H3,(H,27,29)/t17-/m1/s1. The molecular weight excluding hydrogens is 406 g/mol. The first-order valence-corrected chi connectivity index (χ1v) is 11.4. The summed E-state index contributed by atoms with van der Waals surface area (Å²) < 4.78 is 5.43. The average molecular weight is 436 g/mol. The summed E-state index contributed by atoms with van der Waals surface area (Å²) in [6.45, 7) is 7.96. The maximum Gasteiger partial charge on any atom is 0.252 e. The zero-order valence-corrected chi connectivity index (χ0v) is 19.2. The lowest BCUT2D eigenvalue weighted by atomic mass is 10.0. The lowest BCUT2D eigenvalue weighted by Crippen LogP contribution is -2.51. The minimum atomic E-state index is -0.109. The van der Waals surface area contributed by atoms with E-state index in [-0.39, 0.29) is 11.9 Å². The maximum atomic E-state index is 13.0. The molecule has 1 aliphatic rings. The average Bonchev–Trinajstić information content (AvgIpc) is 3.12. The fourth-order valence-corrected chi connectivity index (χ4v) is 4.70. The van der Waals surface area contributed by atoms with Gasteiger partial charge in [0.25, 0.3) is 5.91 Å². The summed E-state index contributed by atoms with van der Waals surface area (Å²) in [5.74, 6) is -0.0561. The van der Waals surface area contributed by atoms with Gasteiger partial charge in [-0.1, -0.05) is 35.6 Å². The summed E-state index contributed by atoms with van der Waals surface area (Å²) in [5.41, 5.74) is 6.00. The second kappa shape index (κ2) is 9.12. The summed E-state index contributed by atoms with van der Waals surface area (Å²) in [4.78, 5) is 14.2. The molecule has 1 atom stereocenters. The van der Waals surface area contributed by atoms with Crippen LogP contribution < -0.4 is 20.7 Å². The van der Waals surface area contributed by atoms with Gasteiger partial charge in [-0.05, 0) is 61.7 Å². The van der Waals surface area contributed by atoms with Crippen molar-refractivity contribution in [1.29, 1.82) is 0 Å². The van der Waals surface area contributed by atoms with E-state index in [1.54, 1.807) is 18.4 Å². The summed E-state index contributed by atoms with van der Waals surface area (Å²) >= 11 is 1.64. The topological polar surface area (TPSA) is 62.4 Å². The van der Waals surface area contributed by atoms with Gasteiger partial charge in [-0.25, -0.2) is 0 Å². The second-order valence-corrected chi connectivity index (χ2v) is 9.15. The van der Waals surface area contributed by atoms with Crippen LogP contribution in [0.5, 0.6) is 5.06 Å². The van der Waals surface area contributed by atoms with Crippen LogP contribution >= 0.6 is 11.3 Å². The Kier molecular flexibility index (Phi) is 6.30. The third-order valence-electron chi connectivity index (χ3n) is 5.71. The highest BCUT2D eigenvalue weighted by Crippen LogP contribution is 2.37. The van der Waals surface area contributed by atoms with Gasteiger partial charge in [0.05, 0.1) is 19.2 Å². The predicted octanol–water partition coefficient (Wildman–Crippen LogP) is 4.92. The molecule has 0 aliphatic carbocycles. The van der Waals surface area contributed by atoms with E-state index in [2.05, 4.69) is 47.1 Å². The van der Waals surface area contributed by atoms with Crippen LogP contribution in [-0.4, -0.2) is 32.1 Å². The highest BCUT2D eigenvalue weighted by atomic mass is 32.1. The number of hydrogen-bond acceptors (Lipinski definition) is 5. The second-order valence-electron chi connectivity index (χ2n) is 8.14. The van der Waals surface area contributed by atoms with Gasteiger partial charge in [-0.3, -0.25) is 4.79 Å². The van der Waals surface area contributed by atoms with Gasteiger partial charge < -0.3 is 20.7 Å². The van der Waals surface area contributed by atoms with Gasteiger partial charge in [0.2, 0.25) is 0 Å². The fraction of sp³-hybridized carbons (Fsp3) is 0.320. The molecule has 2 aromatic carbocycles. The monoisotopic (exact) mass is 435 g/mol. The van der Waals surface area contributed by atoms with E-state index in [1.807, 2.05) is 38.1 Å². The lowest BCUT2D eigenvalue weighted by Gasteiger charge is -2.29. The Bertz CT molecular complexity index is 1090. The van der Waals surface area contributed by atoms with Crippen LogP contribution in [0.2, 0.25) is 0 Å². The third-order valence-corrected chi connectivity index (χ3v) is 6.96. The van der Waals surface area contributed by atoms with Gasteiger partial charge in [0.15, 0.2) is 5.06 Å². The number of thiophene rings is 1. The van der Waals surface area contributed by atoms with E-state index in [1.165, 1.54) is 0 Å². The third kappa shape index (κ3) is 4.75. The number of rotatable bonds is 7. The summed E-state index contributed by atoms with van der Waals surface area (Å²) in [6, 6.07) is 16.8. The molecule has 1 aliphatic heterocycles. The van der Waals surface area contributed by atoms with Gasteiger partial charge in [-0.15, -0.1) is 0 Å². The van der Waals surface area contributed by atoms with E-state index in [0.717, 1.165) is 51.0 Å². The molecule has 2 heterocycles. The molecule has 6 heteroatoms. The number of carbonyl (C=O) groups is 1. The van der Waals surface area contributed by atoms with E-state index in [0.29, 0.717) is 11.6 Å². The number of methoxy groups -OCH3 is 1. The van der Waals surface area contributed by atoms with Gasteiger partial charge in [-0.2, -0.15) is 0 Å². The van der Waals surface area contributed by atoms with Crippen LogP contribution in [0.4, 0.5) is 5.69 Å². The molecule has 3 aromatic rings. The van der Waals surface area contributed by atoms with Crippen molar-refractivity contribution in [3.8, 4) is 15.5 Å². The van der Waals surface area contributed by atoms with E-state index in [9.17, 15) is 4.79 Å². The molecule has 162 valence electrons. The molecule has 0 bridgehead atoms. The Morgan fingerprint density at radius 1 is 1.13 bits per heavy atom. The van der Waals surface area contributed by atoms with Crippen LogP contribution in [0.15, 0.2) is 48.5 Å². The van der Waals surface area contributed by atoms with Gasteiger partial charge in [0.1, 0.15) is 0 Å². The Hall–Kier alpha value is -2.83. The zero-order valence-electron chi connectivity index (χ0n) is 18.4. The van der Waals surface area contributed by atoms with Crippen LogP contribution in [0.1, 0.15) is 40.0 Å². The largest absolute Gasteiger partial charge is 0.487 e. The highest BCUT2D eigenvalue weighted by Gasteiger charge is 2.18. The minimum absolute atomic E-state index is 0.0561. The first kappa shape index (κ1) is 21.4. The van der Waals surface area contributed by atoms with Crippen molar-refractivity contribution in [2.75, 3.05) is 25.5 Å². The Morgan fingerprint density at radius 3 is 2.61 bits per heavy atom. The fourth-order valence-electron chi connectivity index (χ4n) is 3.71. The minimum Gasteiger partial charge on any atom is -0.487 e. The van der Waals surface area contributed by atoms with Gasteiger partial charge in [0, 0.05) is 34.8 Å². The molecule has 0 radical (unpaired) electrons. The molecule has 31 heavy (non-hydrogen) atoms. The molecule has 4 rings (SSSR count). The molecular formula is C25H29N3O2S. The van der Waals surface area contributed by atoms with Gasteiger partial charge >= 0.3 is 0 Å². The number of carbonyl (C=O) groups excluding carboxylic acids is 1. The summed E-state index contributed by atoms with van der Waals surface area (Å²) in [7, 11) is 1.70. The number of nitrogens with one attached hydrogen (secondary N) is 3. The molecule has 1 amide bonds. The van der Waals surface area contributed by atoms with Crippen molar-refractivity contribution in [3.63, 3.8) is 0 Å². The predicted molar refractivity (Wildman–Crippen MR) is 128 cm³/mol. The molecule has 1 fully saturated rings. The first-order valence-electron chi connectivity index (χ1n) is 10.6. The van der Waals surface area contributed by atoms with E-state index < -0.39 is 0 Å². The van der Waals surface area contributed by atoms with Crippen molar-refractivity contribution in [3.05, 3.63) is 70.8 Å². The van der Waals surface area contributed by atoms with Crippen LogP contribution in [0.3, 0.4) is 0 Å². The maximum absolute atomic E-state index is 13.0. The van der Waals surface area contributed by atoms with Crippen LogP contribution in [0.25, 0.3) is 10.4 Å². The molecule has 1 aromatic heterocycles. The zero-order chi connectivity index (χ0) is 22.0. The number of benzene rings is 2. The summed E-state index contributed by atoms with van der Waals surface area (Å²) in [6.07, 6.45) is 0. The summed E-state index contributed by atoms with van der Waals surface area (Å²) in [5, 5.41) is 10.8. The Morgan fingerprint density at radius 2 is 1.94 bits per heavy atom. The van der Waals surface area contributed by atoms with Crippen molar-refractivity contribution >= 4 is 22.9 Å². The molecule has 0 spiro atoms. The number of amides is 1. The van der Waals surface area contributed by atoms with Crippen molar-refractivity contribution in [1.82, 2.24) is 10.6 Å². The van der Waals surface area contributed by atoms with Crippen LogP contribution in [0, 0.1) is 13.8 Å². The number of ether oxygens (including phenoxy) is 1. The Labute approximate surface area is 187 Å². The van der Waals surface area contributed by atoms with Crippen molar-refractivity contribution in [2.24, 2.45) is 0 Å². The molecule has 1 saturated heterocycles. The lowest BCUT2D eigenvalue weighted by molar-refractivity contribution is 0.0939. The first-order chi connectivity index (χ1) is 14.9. The number of hydrogen-bond donors (Lipinski definition) is 3. The normalized spacial score (nSPS) is 14.6. The van der Waals surface area contributed by atoms with E-state index >= 15 is 0 Å². The quantitative estimate of drug-likeness (QED) is 0.493. The van der Waals surface area contributed by atoms with Crippen molar-refractivity contribution in [2.45, 2.75) is 32.9 Å². The smallest absolute Gasteiger partial charge is 0.252 e. The molecule has 5 nitrogen and oxygen atoms in total. The molecule has 0 unspecified atom stereocenters. The SMILES string of the molecule is COc1sc(-c2cccc([C@@H](C)NC(=O)c3cc(NC4CNC4)ccc3C)c2)cc1C. The molecule has 3 N–H and O–H groups in total. The molecule has 0 saturated carbocycles. The highest BCUT2D eigenvalue weighted by molar-refractivity contribution is 7.17. The van der Waals surface area contributed by atoms with Crippen LogP contribution in [-0.2, 0) is 0 Å². The number of aryl methyl sites for hydroxylation is 2. The number of anilines is 1. The van der Waals surface area contributed by atoms with Crippen molar-refractivity contribution < 1.29 is 9.53 Å².